The summed E-state index contributed by atoms with van der Waals surface area (Å²) in [5.74, 6) is 0. The van der Waals surface area contributed by atoms with Crippen molar-refractivity contribution < 1.29 is 21.1 Å². The maximum atomic E-state index is 3.92. The molecular formula is C17H21W-. The number of fused-ring (bicyclic) bond motifs is 1. The Labute approximate surface area is 125 Å². The predicted octanol–water partition coefficient (Wildman–Crippen LogP) is 4.95. The van der Waals surface area contributed by atoms with Gasteiger partial charge in [0.25, 0.3) is 0 Å². The summed E-state index contributed by atoms with van der Waals surface area (Å²) in [6.45, 7) is 6.16. The summed E-state index contributed by atoms with van der Waals surface area (Å²) in [5, 5.41) is 2.72. The minimum Gasteiger partial charge on any atom is -0.343 e. The third-order valence-electron chi connectivity index (χ3n) is 3.25. The van der Waals surface area contributed by atoms with Crippen molar-refractivity contribution in [3.8, 4) is 0 Å². The molecule has 0 atom stereocenters. The van der Waals surface area contributed by atoms with Crippen molar-refractivity contribution in [2.75, 3.05) is 0 Å². The van der Waals surface area contributed by atoms with Gasteiger partial charge in [0, 0.05) is 21.1 Å². The summed E-state index contributed by atoms with van der Waals surface area (Å²) in [7, 11) is 0. The van der Waals surface area contributed by atoms with Crippen LogP contribution in [0.3, 0.4) is 0 Å². The van der Waals surface area contributed by atoms with Crippen LogP contribution in [0.5, 0.6) is 0 Å². The molecule has 0 heterocycles. The van der Waals surface area contributed by atoms with E-state index in [9.17, 15) is 0 Å². The quantitative estimate of drug-likeness (QED) is 0.614. The third-order valence-corrected chi connectivity index (χ3v) is 3.25. The van der Waals surface area contributed by atoms with Crippen LogP contribution in [0.25, 0.3) is 10.8 Å². The molecule has 1 heteroatoms. The Morgan fingerprint density at radius 2 is 1.50 bits per heavy atom. The summed E-state index contributed by atoms with van der Waals surface area (Å²) in [6.07, 6.45) is 5.80. The Bertz CT molecular complexity index is 488. The van der Waals surface area contributed by atoms with Gasteiger partial charge in [-0.15, -0.1) is 0 Å². The zero-order chi connectivity index (χ0) is 12.1. The van der Waals surface area contributed by atoms with Crippen molar-refractivity contribution in [3.63, 3.8) is 0 Å². The van der Waals surface area contributed by atoms with Crippen molar-refractivity contribution in [2.24, 2.45) is 0 Å². The number of aryl methyl sites for hydroxylation is 2. The fourth-order valence-corrected chi connectivity index (χ4v) is 2.24. The molecule has 0 saturated carbocycles. The van der Waals surface area contributed by atoms with E-state index in [-0.39, 0.29) is 21.1 Å². The standard InChI is InChI=1S/C17H21.W/c1-3-5-7-15-9-11-16-10-8-14(6-4-2)12-17(16)13-15;/h8-13H,2-7H2,1H3;/q-1;. The second-order valence-electron chi connectivity index (χ2n) is 4.72. The number of benzene rings is 2. The van der Waals surface area contributed by atoms with Gasteiger partial charge >= 0.3 is 0 Å². The minimum atomic E-state index is 0. The molecule has 18 heavy (non-hydrogen) atoms. The van der Waals surface area contributed by atoms with E-state index in [2.05, 4.69) is 50.2 Å². The topological polar surface area (TPSA) is 0 Å². The minimum absolute atomic E-state index is 0. The van der Waals surface area contributed by atoms with Gasteiger partial charge < -0.3 is 6.92 Å². The Morgan fingerprint density at radius 3 is 2.06 bits per heavy atom. The van der Waals surface area contributed by atoms with Crippen molar-refractivity contribution in [1.82, 2.24) is 0 Å². The number of unbranched alkanes of at least 4 members (excludes halogenated alkanes) is 1. The first-order valence-electron chi connectivity index (χ1n) is 6.64. The molecule has 2 rings (SSSR count). The van der Waals surface area contributed by atoms with E-state index in [0.29, 0.717) is 0 Å². The van der Waals surface area contributed by atoms with Crippen LogP contribution >= 0.6 is 0 Å². The fraction of sp³-hybridized carbons (Fsp3) is 0.353. The van der Waals surface area contributed by atoms with Gasteiger partial charge in [0.1, 0.15) is 0 Å². The van der Waals surface area contributed by atoms with Crippen LogP contribution in [0.4, 0.5) is 0 Å². The molecule has 96 valence electrons. The number of hydrogen-bond donors (Lipinski definition) is 0. The second-order valence-corrected chi connectivity index (χ2v) is 4.72. The molecule has 0 aliphatic rings. The zero-order valence-electron chi connectivity index (χ0n) is 11.1. The number of hydrogen-bond acceptors (Lipinski definition) is 0. The van der Waals surface area contributed by atoms with Gasteiger partial charge in [-0.3, -0.25) is 0 Å². The Kier molecular flexibility index (Phi) is 6.64. The SMILES string of the molecule is [CH2-]CCc1ccc2ccc(CCCC)cc2c1.[W]. The first-order chi connectivity index (χ1) is 8.33. The number of rotatable bonds is 5. The van der Waals surface area contributed by atoms with Crippen LogP contribution in [0, 0.1) is 6.92 Å². The summed E-state index contributed by atoms with van der Waals surface area (Å²) in [6, 6.07) is 13.6. The molecule has 0 nitrogen and oxygen atoms in total. The monoisotopic (exact) mass is 409 g/mol. The van der Waals surface area contributed by atoms with Crippen molar-refractivity contribution >= 4 is 10.8 Å². The second kappa shape index (κ2) is 7.74. The third kappa shape index (κ3) is 3.95. The summed E-state index contributed by atoms with van der Waals surface area (Å²) in [4.78, 5) is 0. The molecule has 0 amide bonds. The normalized spacial score (nSPS) is 10.3. The molecule has 0 N–H and O–H groups in total. The molecule has 2 aromatic carbocycles. The largest absolute Gasteiger partial charge is 0.343 e. The van der Waals surface area contributed by atoms with Gasteiger partial charge in [-0.25, -0.2) is 0 Å². The smallest absolute Gasteiger partial charge is 0 e. The van der Waals surface area contributed by atoms with E-state index in [1.54, 1.807) is 0 Å². The molecule has 0 spiro atoms. The van der Waals surface area contributed by atoms with Crippen LogP contribution in [0.2, 0.25) is 0 Å². The van der Waals surface area contributed by atoms with E-state index < -0.39 is 0 Å². The first-order valence-corrected chi connectivity index (χ1v) is 6.64. The summed E-state index contributed by atoms with van der Waals surface area (Å²) in [5.41, 5.74) is 2.87. The van der Waals surface area contributed by atoms with Gasteiger partial charge in [0.2, 0.25) is 0 Å². The van der Waals surface area contributed by atoms with E-state index >= 15 is 0 Å². The van der Waals surface area contributed by atoms with E-state index in [0.717, 1.165) is 12.8 Å². The molecule has 0 bridgehead atoms. The zero-order valence-corrected chi connectivity index (χ0v) is 14.0. The van der Waals surface area contributed by atoms with E-state index in [4.69, 9.17) is 0 Å². The van der Waals surface area contributed by atoms with Crippen LogP contribution in [-0.2, 0) is 33.9 Å². The molecule has 0 aliphatic carbocycles. The molecule has 0 aliphatic heterocycles. The van der Waals surface area contributed by atoms with Gasteiger partial charge in [-0.1, -0.05) is 56.2 Å². The van der Waals surface area contributed by atoms with Gasteiger partial charge in [-0.2, -0.15) is 6.42 Å². The maximum Gasteiger partial charge on any atom is 0 e. The maximum absolute atomic E-state index is 3.92. The van der Waals surface area contributed by atoms with Gasteiger partial charge in [0.05, 0.1) is 0 Å². The molecule has 2 aromatic rings. The average molecular weight is 409 g/mol. The molecular weight excluding hydrogens is 388 g/mol. The Balaban J connectivity index is 0.00000162. The van der Waals surface area contributed by atoms with Gasteiger partial charge in [-0.05, 0) is 34.7 Å². The van der Waals surface area contributed by atoms with Crippen molar-refractivity contribution in [2.45, 2.75) is 39.0 Å². The van der Waals surface area contributed by atoms with E-state index in [1.807, 2.05) is 0 Å². The molecule has 0 fully saturated rings. The van der Waals surface area contributed by atoms with Crippen LogP contribution in [0.1, 0.15) is 37.3 Å². The van der Waals surface area contributed by atoms with Crippen molar-refractivity contribution in [1.29, 1.82) is 0 Å². The molecule has 0 saturated heterocycles. The Hall–Kier alpha value is -0.612. The molecule has 0 radical (unpaired) electrons. The van der Waals surface area contributed by atoms with Crippen molar-refractivity contribution in [3.05, 3.63) is 54.4 Å². The van der Waals surface area contributed by atoms with E-state index in [1.165, 1.54) is 41.2 Å². The van der Waals surface area contributed by atoms with Gasteiger partial charge in [0.15, 0.2) is 0 Å². The van der Waals surface area contributed by atoms with Crippen LogP contribution in [0.15, 0.2) is 36.4 Å². The summed E-state index contributed by atoms with van der Waals surface area (Å²) >= 11 is 0. The predicted molar refractivity (Wildman–Crippen MR) is 76.2 cm³/mol. The van der Waals surface area contributed by atoms with Crippen LogP contribution in [-0.4, -0.2) is 0 Å². The van der Waals surface area contributed by atoms with Crippen LogP contribution < -0.4 is 0 Å². The average Bonchev–Trinajstić information content (AvgIpc) is 2.36. The molecule has 0 aromatic heterocycles. The fourth-order valence-electron chi connectivity index (χ4n) is 2.24. The molecule has 0 unspecified atom stereocenters. The first kappa shape index (κ1) is 15.4. The summed E-state index contributed by atoms with van der Waals surface area (Å²) < 4.78 is 0. The Morgan fingerprint density at radius 1 is 0.889 bits per heavy atom.